The van der Waals surface area contributed by atoms with Crippen LogP contribution < -0.4 is 10.2 Å². The molecule has 0 aliphatic heterocycles. The van der Waals surface area contributed by atoms with Gasteiger partial charge in [0.15, 0.2) is 0 Å². The Morgan fingerprint density at radius 3 is 2.66 bits per heavy atom. The third-order valence-corrected chi connectivity index (χ3v) is 4.87. The third-order valence-electron chi connectivity index (χ3n) is 4.87. The third kappa shape index (κ3) is 4.11. The number of benzene rings is 2. The van der Waals surface area contributed by atoms with Gasteiger partial charge < -0.3 is 15.2 Å². The number of para-hydroxylation sites is 2. The van der Waals surface area contributed by atoms with Crippen molar-refractivity contribution < 1.29 is 4.79 Å². The summed E-state index contributed by atoms with van der Waals surface area (Å²) in [5.41, 5.74) is 4.31. The van der Waals surface area contributed by atoms with E-state index in [1.54, 1.807) is 18.0 Å². The number of aromatic amines is 1. The second-order valence-electron chi connectivity index (χ2n) is 6.95. The number of aromatic nitrogens is 3. The second kappa shape index (κ2) is 8.14. The van der Waals surface area contributed by atoms with Crippen LogP contribution in [0.1, 0.15) is 21.7 Å². The number of hydrogen-bond donors (Lipinski definition) is 2. The monoisotopic (exact) mass is 385 g/mol. The number of rotatable bonds is 6. The van der Waals surface area contributed by atoms with Gasteiger partial charge in [0.1, 0.15) is 5.69 Å². The molecule has 0 aliphatic rings. The molecule has 0 saturated heterocycles. The van der Waals surface area contributed by atoms with Gasteiger partial charge in [-0.1, -0.05) is 36.4 Å². The number of hydrogen-bond acceptors (Lipinski definition) is 4. The van der Waals surface area contributed by atoms with Crippen molar-refractivity contribution in [3.63, 3.8) is 0 Å². The summed E-state index contributed by atoms with van der Waals surface area (Å²) in [6.45, 7) is 2.54. The first kappa shape index (κ1) is 18.7. The van der Waals surface area contributed by atoms with E-state index in [-0.39, 0.29) is 5.91 Å². The van der Waals surface area contributed by atoms with E-state index in [1.165, 1.54) is 10.9 Å². The van der Waals surface area contributed by atoms with Crippen molar-refractivity contribution in [1.82, 2.24) is 15.0 Å². The maximum absolute atomic E-state index is 12.9. The number of H-pyrrole nitrogens is 1. The van der Waals surface area contributed by atoms with Crippen LogP contribution >= 0.6 is 0 Å². The van der Waals surface area contributed by atoms with Gasteiger partial charge in [-0.15, -0.1) is 0 Å². The molecule has 2 heterocycles. The van der Waals surface area contributed by atoms with Crippen LogP contribution in [0.3, 0.4) is 0 Å². The zero-order chi connectivity index (χ0) is 20.2. The Hall–Kier alpha value is -3.67. The topological polar surface area (TPSA) is 73.9 Å². The van der Waals surface area contributed by atoms with Gasteiger partial charge in [-0.05, 0) is 43.2 Å². The van der Waals surface area contributed by atoms with Gasteiger partial charge in [0, 0.05) is 42.1 Å². The Balaban J connectivity index is 1.46. The predicted octanol–water partition coefficient (Wildman–Crippen LogP) is 4.20. The van der Waals surface area contributed by atoms with E-state index in [9.17, 15) is 4.79 Å². The normalized spacial score (nSPS) is 10.8. The molecule has 2 N–H and O–H groups in total. The number of carbonyl (C=O) groups excluding carboxylic acids is 1. The Morgan fingerprint density at radius 1 is 1.07 bits per heavy atom. The van der Waals surface area contributed by atoms with Crippen LogP contribution in [0.15, 0.2) is 66.9 Å². The summed E-state index contributed by atoms with van der Waals surface area (Å²) in [5, 5.41) is 4.48. The Morgan fingerprint density at radius 2 is 1.83 bits per heavy atom. The largest absolute Gasteiger partial charge is 0.361 e. The quantitative estimate of drug-likeness (QED) is 0.522. The van der Waals surface area contributed by atoms with Crippen LogP contribution in [0.4, 0.5) is 11.6 Å². The first-order valence-electron chi connectivity index (χ1n) is 9.59. The fourth-order valence-electron chi connectivity index (χ4n) is 3.35. The molecule has 146 valence electrons. The van der Waals surface area contributed by atoms with Crippen molar-refractivity contribution >= 4 is 28.4 Å². The number of nitrogens with one attached hydrogen (secondary N) is 2. The van der Waals surface area contributed by atoms with E-state index in [1.807, 2.05) is 55.6 Å². The van der Waals surface area contributed by atoms with Crippen molar-refractivity contribution in [2.24, 2.45) is 0 Å². The van der Waals surface area contributed by atoms with Crippen molar-refractivity contribution in [3.05, 3.63) is 83.8 Å². The molecule has 0 saturated carbocycles. The summed E-state index contributed by atoms with van der Waals surface area (Å²) >= 11 is 0. The maximum atomic E-state index is 12.9. The highest BCUT2D eigenvalue weighted by Gasteiger charge is 2.16. The number of fused-ring (bicyclic) bond motifs is 1. The van der Waals surface area contributed by atoms with Gasteiger partial charge in [0.2, 0.25) is 5.95 Å². The van der Waals surface area contributed by atoms with E-state index in [2.05, 4.69) is 32.4 Å². The lowest BCUT2D eigenvalue weighted by atomic mass is 10.1. The van der Waals surface area contributed by atoms with Gasteiger partial charge in [-0.2, -0.15) is 0 Å². The summed E-state index contributed by atoms with van der Waals surface area (Å²) in [7, 11) is 1.75. The molecule has 4 aromatic rings. The predicted molar refractivity (Wildman–Crippen MR) is 116 cm³/mol. The Kier molecular flexibility index (Phi) is 5.24. The molecule has 0 atom stereocenters. The number of carbonyl (C=O) groups is 1. The fraction of sp³-hybridized carbons (Fsp3) is 0.174. The lowest BCUT2D eigenvalue weighted by Crippen LogP contribution is -2.27. The fourth-order valence-corrected chi connectivity index (χ4v) is 3.35. The molecule has 0 unspecified atom stereocenters. The molecule has 0 bridgehead atoms. The summed E-state index contributed by atoms with van der Waals surface area (Å²) in [5.74, 6) is 0.302. The molecule has 2 aromatic carbocycles. The molecular weight excluding hydrogens is 362 g/mol. The molecule has 29 heavy (non-hydrogen) atoms. The first-order chi connectivity index (χ1) is 14.1. The van der Waals surface area contributed by atoms with E-state index in [4.69, 9.17) is 0 Å². The van der Waals surface area contributed by atoms with Gasteiger partial charge in [-0.25, -0.2) is 9.97 Å². The highest BCUT2D eigenvalue weighted by Crippen LogP contribution is 2.18. The molecule has 0 radical (unpaired) electrons. The summed E-state index contributed by atoms with van der Waals surface area (Å²) in [6, 6.07) is 19.5. The van der Waals surface area contributed by atoms with Crippen LogP contribution in [0, 0.1) is 6.92 Å². The van der Waals surface area contributed by atoms with Gasteiger partial charge in [-0.3, -0.25) is 4.79 Å². The number of aryl methyl sites for hydroxylation is 1. The lowest BCUT2D eigenvalue weighted by molar-refractivity contribution is 0.0988. The zero-order valence-electron chi connectivity index (χ0n) is 16.5. The highest BCUT2D eigenvalue weighted by molar-refractivity contribution is 6.04. The van der Waals surface area contributed by atoms with E-state index in [0.29, 0.717) is 18.2 Å². The molecule has 0 fully saturated rings. The van der Waals surface area contributed by atoms with E-state index in [0.717, 1.165) is 23.3 Å². The van der Waals surface area contributed by atoms with Crippen LogP contribution in [0.25, 0.3) is 10.9 Å². The molecule has 1 amide bonds. The molecule has 6 heteroatoms. The Bertz CT molecular complexity index is 1140. The maximum Gasteiger partial charge on any atom is 0.276 e. The minimum atomic E-state index is -0.165. The van der Waals surface area contributed by atoms with Crippen molar-refractivity contribution in [3.8, 4) is 0 Å². The molecular formula is C23H23N5O. The zero-order valence-corrected chi connectivity index (χ0v) is 16.5. The van der Waals surface area contributed by atoms with Crippen molar-refractivity contribution in [2.75, 3.05) is 23.8 Å². The SMILES string of the molecule is Cc1cc(C(=O)N(C)c2ccccc2)nc(NCCc2c[nH]c3ccccc23)n1. The average molecular weight is 385 g/mol. The number of anilines is 2. The minimum absolute atomic E-state index is 0.165. The summed E-state index contributed by atoms with van der Waals surface area (Å²) < 4.78 is 0. The van der Waals surface area contributed by atoms with E-state index >= 15 is 0 Å². The lowest BCUT2D eigenvalue weighted by Gasteiger charge is -2.17. The standard InChI is InChI=1S/C23H23N5O/c1-16-14-21(22(29)28(2)18-8-4-3-5-9-18)27-23(26-16)24-13-12-17-15-25-20-11-7-6-10-19(17)20/h3-11,14-15,25H,12-13H2,1-2H3,(H,24,26,27). The summed E-state index contributed by atoms with van der Waals surface area (Å²) in [4.78, 5) is 26.6. The molecule has 4 rings (SSSR count). The van der Waals surface area contributed by atoms with E-state index < -0.39 is 0 Å². The van der Waals surface area contributed by atoms with Crippen molar-refractivity contribution in [1.29, 1.82) is 0 Å². The van der Waals surface area contributed by atoms with Crippen LogP contribution in [0.2, 0.25) is 0 Å². The molecule has 0 aliphatic carbocycles. The van der Waals surface area contributed by atoms with Crippen molar-refractivity contribution in [2.45, 2.75) is 13.3 Å². The van der Waals surface area contributed by atoms with Gasteiger partial charge in [0.25, 0.3) is 5.91 Å². The van der Waals surface area contributed by atoms with Crippen LogP contribution in [-0.2, 0) is 6.42 Å². The minimum Gasteiger partial charge on any atom is -0.361 e. The first-order valence-corrected chi connectivity index (χ1v) is 9.59. The second-order valence-corrected chi connectivity index (χ2v) is 6.95. The highest BCUT2D eigenvalue weighted by atomic mass is 16.2. The van der Waals surface area contributed by atoms with Crippen LogP contribution in [-0.4, -0.2) is 34.5 Å². The Labute approximate surface area is 169 Å². The van der Waals surface area contributed by atoms with Crippen LogP contribution in [0.5, 0.6) is 0 Å². The number of nitrogens with zero attached hydrogens (tertiary/aromatic N) is 3. The summed E-state index contributed by atoms with van der Waals surface area (Å²) in [6.07, 6.45) is 2.86. The molecule has 2 aromatic heterocycles. The van der Waals surface area contributed by atoms with Gasteiger partial charge >= 0.3 is 0 Å². The number of amides is 1. The molecule has 0 spiro atoms. The smallest absolute Gasteiger partial charge is 0.276 e. The molecule has 6 nitrogen and oxygen atoms in total. The van der Waals surface area contributed by atoms with Gasteiger partial charge in [0.05, 0.1) is 0 Å². The average Bonchev–Trinajstić information content (AvgIpc) is 3.16.